The number of anilines is 1. The van der Waals surface area contributed by atoms with Crippen molar-refractivity contribution in [2.24, 2.45) is 0 Å². The Hall–Kier alpha value is -2.33. The van der Waals surface area contributed by atoms with Gasteiger partial charge in [0.25, 0.3) is 5.91 Å². The highest BCUT2D eigenvalue weighted by Crippen LogP contribution is 2.22. The van der Waals surface area contributed by atoms with E-state index in [1.165, 1.54) is 0 Å². The SMILES string of the molecule is Cc1c(Cl)cccc1NC(=O)COC(=O)Cc1ccccc1. The fraction of sp³-hybridized carbons (Fsp3) is 0.176. The molecule has 0 heterocycles. The highest BCUT2D eigenvalue weighted by molar-refractivity contribution is 6.31. The van der Waals surface area contributed by atoms with Crippen LogP contribution >= 0.6 is 11.6 Å². The van der Waals surface area contributed by atoms with Crippen LogP contribution in [0.15, 0.2) is 48.5 Å². The van der Waals surface area contributed by atoms with Crippen molar-refractivity contribution in [1.29, 1.82) is 0 Å². The van der Waals surface area contributed by atoms with E-state index < -0.39 is 11.9 Å². The van der Waals surface area contributed by atoms with E-state index in [1.807, 2.05) is 30.3 Å². The Bertz CT molecular complexity index is 671. The molecule has 0 aliphatic heterocycles. The molecule has 0 bridgehead atoms. The van der Waals surface area contributed by atoms with Crippen molar-refractivity contribution in [1.82, 2.24) is 0 Å². The summed E-state index contributed by atoms with van der Waals surface area (Å²) >= 11 is 5.98. The van der Waals surface area contributed by atoms with Crippen molar-refractivity contribution in [3.05, 3.63) is 64.7 Å². The standard InChI is InChI=1S/C17H16ClNO3/c1-12-14(18)8-5-9-15(12)19-16(20)11-22-17(21)10-13-6-3-2-4-7-13/h2-9H,10-11H2,1H3,(H,19,20). The molecule has 2 aromatic carbocycles. The molecule has 114 valence electrons. The monoisotopic (exact) mass is 317 g/mol. The molecule has 0 saturated heterocycles. The Morgan fingerprint density at radius 3 is 2.55 bits per heavy atom. The molecule has 2 rings (SSSR count). The van der Waals surface area contributed by atoms with E-state index in [2.05, 4.69) is 5.32 Å². The summed E-state index contributed by atoms with van der Waals surface area (Å²) in [7, 11) is 0. The highest BCUT2D eigenvalue weighted by atomic mass is 35.5. The Morgan fingerprint density at radius 2 is 1.82 bits per heavy atom. The van der Waals surface area contributed by atoms with Crippen LogP contribution in [0.3, 0.4) is 0 Å². The molecule has 0 aromatic heterocycles. The summed E-state index contributed by atoms with van der Waals surface area (Å²) in [4.78, 5) is 23.5. The molecule has 0 saturated carbocycles. The van der Waals surface area contributed by atoms with E-state index in [0.29, 0.717) is 10.7 Å². The summed E-state index contributed by atoms with van der Waals surface area (Å²) in [6.07, 6.45) is 0.143. The van der Waals surface area contributed by atoms with E-state index in [9.17, 15) is 9.59 Å². The molecule has 0 aliphatic carbocycles. The number of benzene rings is 2. The summed E-state index contributed by atoms with van der Waals surface area (Å²) in [5, 5.41) is 3.24. The maximum absolute atomic E-state index is 11.8. The van der Waals surface area contributed by atoms with Crippen molar-refractivity contribution in [3.63, 3.8) is 0 Å². The lowest BCUT2D eigenvalue weighted by atomic mass is 10.2. The summed E-state index contributed by atoms with van der Waals surface area (Å²) < 4.78 is 4.97. The number of rotatable bonds is 5. The van der Waals surface area contributed by atoms with Gasteiger partial charge in [0, 0.05) is 10.7 Å². The molecule has 1 amide bonds. The molecule has 0 atom stereocenters. The molecule has 2 aromatic rings. The van der Waals surface area contributed by atoms with Gasteiger partial charge in [-0.1, -0.05) is 48.0 Å². The molecule has 5 heteroatoms. The molecule has 0 aliphatic rings. The summed E-state index contributed by atoms with van der Waals surface area (Å²) in [5.41, 5.74) is 2.23. The van der Waals surface area contributed by atoms with Gasteiger partial charge in [0.2, 0.25) is 0 Å². The van der Waals surface area contributed by atoms with Crippen LogP contribution in [0.2, 0.25) is 5.02 Å². The lowest BCUT2D eigenvalue weighted by molar-refractivity contribution is -0.146. The molecule has 22 heavy (non-hydrogen) atoms. The normalized spacial score (nSPS) is 10.1. The van der Waals surface area contributed by atoms with E-state index in [-0.39, 0.29) is 13.0 Å². The molecule has 0 spiro atoms. The van der Waals surface area contributed by atoms with Gasteiger partial charge in [-0.25, -0.2) is 0 Å². The van der Waals surface area contributed by atoms with E-state index >= 15 is 0 Å². The summed E-state index contributed by atoms with van der Waals surface area (Å²) in [5.74, 6) is -0.837. The smallest absolute Gasteiger partial charge is 0.310 e. The molecule has 0 unspecified atom stereocenters. The maximum Gasteiger partial charge on any atom is 0.310 e. The van der Waals surface area contributed by atoms with E-state index in [4.69, 9.17) is 16.3 Å². The van der Waals surface area contributed by atoms with E-state index in [0.717, 1.165) is 11.1 Å². The highest BCUT2D eigenvalue weighted by Gasteiger charge is 2.10. The second kappa shape index (κ2) is 7.61. The quantitative estimate of drug-likeness (QED) is 0.860. The first-order chi connectivity index (χ1) is 10.6. The van der Waals surface area contributed by atoms with Crippen molar-refractivity contribution in [3.8, 4) is 0 Å². The first-order valence-electron chi connectivity index (χ1n) is 6.81. The Labute approximate surface area is 134 Å². The zero-order chi connectivity index (χ0) is 15.9. The van der Waals surface area contributed by atoms with Crippen molar-refractivity contribution in [2.75, 3.05) is 11.9 Å². The molecule has 0 fully saturated rings. The van der Waals surface area contributed by atoms with Gasteiger partial charge < -0.3 is 10.1 Å². The fourth-order valence-electron chi connectivity index (χ4n) is 1.89. The Balaban J connectivity index is 1.83. The van der Waals surface area contributed by atoms with Crippen molar-refractivity contribution >= 4 is 29.2 Å². The molecular weight excluding hydrogens is 302 g/mol. The van der Waals surface area contributed by atoms with Gasteiger partial charge in [0.15, 0.2) is 6.61 Å². The van der Waals surface area contributed by atoms with Crippen LogP contribution < -0.4 is 5.32 Å². The average Bonchev–Trinajstić information content (AvgIpc) is 2.51. The number of halogens is 1. The van der Waals surface area contributed by atoms with E-state index in [1.54, 1.807) is 25.1 Å². The number of amides is 1. The van der Waals surface area contributed by atoms with Gasteiger partial charge in [0.05, 0.1) is 6.42 Å². The summed E-state index contributed by atoms with van der Waals surface area (Å²) in [6, 6.07) is 14.4. The zero-order valence-corrected chi connectivity index (χ0v) is 12.9. The average molecular weight is 318 g/mol. The number of hydrogen-bond donors (Lipinski definition) is 1. The third-order valence-electron chi connectivity index (χ3n) is 3.10. The molecule has 0 radical (unpaired) electrons. The minimum absolute atomic E-state index is 0.143. The van der Waals surface area contributed by atoms with Gasteiger partial charge in [-0.3, -0.25) is 9.59 Å². The second-order valence-corrected chi connectivity index (χ2v) is 5.19. The number of esters is 1. The zero-order valence-electron chi connectivity index (χ0n) is 12.1. The van der Waals surface area contributed by atoms with Gasteiger partial charge in [0.1, 0.15) is 0 Å². The van der Waals surface area contributed by atoms with Crippen molar-refractivity contribution in [2.45, 2.75) is 13.3 Å². The van der Waals surface area contributed by atoms with Crippen LogP contribution in [0, 0.1) is 6.92 Å². The number of carbonyl (C=O) groups is 2. The van der Waals surface area contributed by atoms with Crippen LogP contribution in [-0.2, 0) is 20.7 Å². The van der Waals surface area contributed by atoms with Crippen LogP contribution in [0.25, 0.3) is 0 Å². The van der Waals surface area contributed by atoms with Gasteiger partial charge in [-0.15, -0.1) is 0 Å². The molecule has 1 N–H and O–H groups in total. The number of nitrogens with one attached hydrogen (secondary N) is 1. The summed E-state index contributed by atoms with van der Waals surface area (Å²) in [6.45, 7) is 1.48. The predicted molar refractivity (Wildman–Crippen MR) is 85.9 cm³/mol. The van der Waals surface area contributed by atoms with Gasteiger partial charge in [-0.2, -0.15) is 0 Å². The second-order valence-electron chi connectivity index (χ2n) is 4.78. The lowest BCUT2D eigenvalue weighted by Gasteiger charge is -2.10. The topological polar surface area (TPSA) is 55.4 Å². The first-order valence-corrected chi connectivity index (χ1v) is 7.18. The lowest BCUT2D eigenvalue weighted by Crippen LogP contribution is -2.22. The van der Waals surface area contributed by atoms with Crippen LogP contribution in [0.5, 0.6) is 0 Å². The minimum atomic E-state index is -0.441. The largest absolute Gasteiger partial charge is 0.455 e. The van der Waals surface area contributed by atoms with Crippen LogP contribution in [0.1, 0.15) is 11.1 Å². The molecule has 4 nitrogen and oxygen atoms in total. The maximum atomic E-state index is 11.8. The minimum Gasteiger partial charge on any atom is -0.455 e. The van der Waals surface area contributed by atoms with Crippen molar-refractivity contribution < 1.29 is 14.3 Å². The number of hydrogen-bond acceptors (Lipinski definition) is 3. The third-order valence-corrected chi connectivity index (χ3v) is 3.51. The van der Waals surface area contributed by atoms with Crippen LogP contribution in [-0.4, -0.2) is 18.5 Å². The molecular formula is C17H16ClNO3. The number of carbonyl (C=O) groups excluding carboxylic acids is 2. The predicted octanol–water partition coefficient (Wildman–Crippen LogP) is 3.37. The first kappa shape index (κ1) is 16.0. The van der Waals surface area contributed by atoms with Crippen LogP contribution in [0.4, 0.5) is 5.69 Å². The Morgan fingerprint density at radius 1 is 1.09 bits per heavy atom. The number of ether oxygens (including phenoxy) is 1. The third kappa shape index (κ3) is 4.60. The van der Waals surface area contributed by atoms with Gasteiger partial charge in [-0.05, 0) is 30.2 Å². The Kier molecular flexibility index (Phi) is 5.55. The fourth-order valence-corrected chi connectivity index (χ4v) is 2.06. The van der Waals surface area contributed by atoms with Gasteiger partial charge >= 0.3 is 5.97 Å².